The first kappa shape index (κ1) is 17.7. The Labute approximate surface area is 150 Å². The van der Waals surface area contributed by atoms with Gasteiger partial charge in [-0.15, -0.1) is 0 Å². The summed E-state index contributed by atoms with van der Waals surface area (Å²) in [7, 11) is 1.94. The number of nitrogens with zero attached hydrogens (tertiary/aromatic N) is 4. The van der Waals surface area contributed by atoms with Crippen LogP contribution in [0.3, 0.4) is 0 Å². The van der Waals surface area contributed by atoms with Crippen LogP contribution in [0.1, 0.15) is 29.5 Å². The normalized spacial score (nSPS) is 16.0. The third kappa shape index (κ3) is 5.16. The minimum atomic E-state index is 0.282. The molecule has 0 bridgehead atoms. The maximum absolute atomic E-state index is 12.6. The van der Waals surface area contributed by atoms with Crippen molar-refractivity contribution in [1.29, 1.82) is 0 Å². The lowest BCUT2D eigenvalue weighted by molar-refractivity contribution is -0.131. The third-order valence-electron chi connectivity index (χ3n) is 4.82. The number of aryl methyl sites for hydroxylation is 3. The highest BCUT2D eigenvalue weighted by atomic mass is 16.2. The first-order chi connectivity index (χ1) is 12.1. The van der Waals surface area contributed by atoms with Gasteiger partial charge in [0.15, 0.2) is 0 Å². The van der Waals surface area contributed by atoms with Gasteiger partial charge >= 0.3 is 0 Å². The Morgan fingerprint density at radius 2 is 2.04 bits per heavy atom. The lowest BCUT2D eigenvalue weighted by Crippen LogP contribution is -2.35. The molecule has 5 nitrogen and oxygen atoms in total. The molecule has 0 unspecified atom stereocenters. The van der Waals surface area contributed by atoms with Crippen molar-refractivity contribution in [1.82, 2.24) is 19.6 Å². The number of hydrogen-bond donors (Lipinski definition) is 0. The van der Waals surface area contributed by atoms with Gasteiger partial charge in [-0.3, -0.25) is 14.4 Å². The molecule has 134 valence electrons. The number of amides is 1. The van der Waals surface area contributed by atoms with E-state index in [1.807, 2.05) is 22.8 Å². The van der Waals surface area contributed by atoms with Crippen molar-refractivity contribution >= 4 is 5.91 Å². The fourth-order valence-corrected chi connectivity index (χ4v) is 3.47. The van der Waals surface area contributed by atoms with E-state index in [1.165, 1.54) is 16.7 Å². The van der Waals surface area contributed by atoms with Crippen LogP contribution in [0.15, 0.2) is 36.7 Å². The highest BCUT2D eigenvalue weighted by molar-refractivity contribution is 5.76. The zero-order valence-corrected chi connectivity index (χ0v) is 15.3. The van der Waals surface area contributed by atoms with E-state index >= 15 is 0 Å². The molecule has 1 saturated heterocycles. The lowest BCUT2D eigenvalue weighted by atomic mass is 10.1. The molecule has 2 heterocycles. The van der Waals surface area contributed by atoms with Gasteiger partial charge in [0, 0.05) is 58.0 Å². The molecule has 1 aliphatic rings. The molecule has 1 fully saturated rings. The minimum Gasteiger partial charge on any atom is -0.341 e. The summed E-state index contributed by atoms with van der Waals surface area (Å²) in [6.45, 7) is 6.68. The van der Waals surface area contributed by atoms with Gasteiger partial charge in [-0.1, -0.05) is 29.8 Å². The second-order valence-corrected chi connectivity index (χ2v) is 7.02. The topological polar surface area (TPSA) is 41.4 Å². The van der Waals surface area contributed by atoms with Gasteiger partial charge < -0.3 is 4.90 Å². The average molecular weight is 340 g/mol. The van der Waals surface area contributed by atoms with Gasteiger partial charge in [0.05, 0.1) is 6.20 Å². The van der Waals surface area contributed by atoms with Crippen molar-refractivity contribution in [2.45, 2.75) is 32.7 Å². The van der Waals surface area contributed by atoms with E-state index in [0.29, 0.717) is 6.42 Å². The summed E-state index contributed by atoms with van der Waals surface area (Å²) < 4.78 is 1.84. The van der Waals surface area contributed by atoms with Crippen LogP contribution in [0, 0.1) is 6.92 Å². The quantitative estimate of drug-likeness (QED) is 0.839. The highest BCUT2D eigenvalue weighted by Gasteiger charge is 2.19. The predicted octanol–water partition coefficient (Wildman–Crippen LogP) is 2.40. The molecule has 25 heavy (non-hydrogen) atoms. The first-order valence-corrected chi connectivity index (χ1v) is 9.13. The third-order valence-corrected chi connectivity index (χ3v) is 4.82. The summed E-state index contributed by atoms with van der Waals surface area (Å²) in [6.07, 6.45) is 6.46. The van der Waals surface area contributed by atoms with E-state index in [9.17, 15) is 4.79 Å². The Morgan fingerprint density at radius 3 is 2.80 bits per heavy atom. The van der Waals surface area contributed by atoms with Gasteiger partial charge in [-0.2, -0.15) is 5.10 Å². The first-order valence-electron chi connectivity index (χ1n) is 9.13. The molecule has 0 radical (unpaired) electrons. The number of aromatic nitrogens is 2. The van der Waals surface area contributed by atoms with E-state index in [2.05, 4.69) is 47.4 Å². The zero-order valence-electron chi connectivity index (χ0n) is 15.3. The predicted molar refractivity (Wildman–Crippen MR) is 99.2 cm³/mol. The molecule has 1 aliphatic heterocycles. The molecular weight excluding hydrogens is 312 g/mol. The molecular formula is C20H28N4O. The van der Waals surface area contributed by atoms with Gasteiger partial charge in [0.25, 0.3) is 0 Å². The van der Waals surface area contributed by atoms with Crippen LogP contribution in [0.5, 0.6) is 0 Å². The molecule has 1 aromatic carbocycles. The Bertz CT molecular complexity index is 709. The summed E-state index contributed by atoms with van der Waals surface area (Å²) in [5, 5.41) is 4.23. The largest absolute Gasteiger partial charge is 0.341 e. The molecule has 0 aliphatic carbocycles. The number of benzene rings is 1. The van der Waals surface area contributed by atoms with E-state index in [1.54, 1.807) is 0 Å². The molecule has 0 N–H and O–H groups in total. The van der Waals surface area contributed by atoms with Crippen LogP contribution >= 0.6 is 0 Å². The summed E-state index contributed by atoms with van der Waals surface area (Å²) in [5.74, 6) is 0.282. The fraction of sp³-hybridized carbons (Fsp3) is 0.500. The van der Waals surface area contributed by atoms with Crippen LogP contribution in [0.2, 0.25) is 0 Å². The monoisotopic (exact) mass is 340 g/mol. The molecule has 0 spiro atoms. The van der Waals surface area contributed by atoms with E-state index in [0.717, 1.165) is 45.6 Å². The van der Waals surface area contributed by atoms with Crippen molar-refractivity contribution in [3.05, 3.63) is 53.3 Å². The Morgan fingerprint density at radius 1 is 1.16 bits per heavy atom. The maximum Gasteiger partial charge on any atom is 0.222 e. The van der Waals surface area contributed by atoms with Crippen LogP contribution in [-0.2, 0) is 24.8 Å². The summed E-state index contributed by atoms with van der Waals surface area (Å²) in [6, 6.07) is 8.44. The van der Waals surface area contributed by atoms with Gasteiger partial charge in [0.1, 0.15) is 0 Å². The zero-order chi connectivity index (χ0) is 17.6. The number of rotatable bonds is 5. The Kier molecular flexibility index (Phi) is 5.87. The minimum absolute atomic E-state index is 0.282. The number of carbonyl (C=O) groups is 1. The van der Waals surface area contributed by atoms with Crippen molar-refractivity contribution < 1.29 is 4.79 Å². The van der Waals surface area contributed by atoms with Gasteiger partial charge in [-0.05, 0) is 25.3 Å². The average Bonchev–Trinajstić information content (AvgIpc) is 2.86. The number of carbonyl (C=O) groups excluding carboxylic acids is 1. The molecule has 0 saturated carbocycles. The summed E-state index contributed by atoms with van der Waals surface area (Å²) in [4.78, 5) is 17.0. The molecule has 3 rings (SSSR count). The van der Waals surface area contributed by atoms with Gasteiger partial charge in [-0.25, -0.2) is 0 Å². The smallest absolute Gasteiger partial charge is 0.222 e. The standard InChI is InChI=1S/C20H28N4O/c1-17-5-3-6-18(13-17)7-8-20(25)24-10-4-9-23(11-12-24)16-19-14-21-22(2)15-19/h3,5-6,13-15H,4,7-12,16H2,1-2H3. The van der Waals surface area contributed by atoms with Crippen molar-refractivity contribution in [3.63, 3.8) is 0 Å². The molecule has 0 atom stereocenters. The van der Waals surface area contributed by atoms with E-state index < -0.39 is 0 Å². The van der Waals surface area contributed by atoms with E-state index in [-0.39, 0.29) is 5.91 Å². The highest BCUT2D eigenvalue weighted by Crippen LogP contribution is 2.11. The van der Waals surface area contributed by atoms with Crippen LogP contribution in [0.25, 0.3) is 0 Å². The van der Waals surface area contributed by atoms with Crippen molar-refractivity contribution in [2.75, 3.05) is 26.2 Å². The molecule has 2 aromatic rings. The van der Waals surface area contributed by atoms with Crippen molar-refractivity contribution in [3.8, 4) is 0 Å². The molecule has 5 heteroatoms. The van der Waals surface area contributed by atoms with Gasteiger partial charge in [0.2, 0.25) is 5.91 Å². The van der Waals surface area contributed by atoms with Crippen LogP contribution < -0.4 is 0 Å². The summed E-state index contributed by atoms with van der Waals surface area (Å²) in [5.41, 5.74) is 3.74. The second kappa shape index (κ2) is 8.30. The SMILES string of the molecule is Cc1cccc(CCC(=O)N2CCCN(Cc3cnn(C)c3)CC2)c1. The fourth-order valence-electron chi connectivity index (χ4n) is 3.47. The maximum atomic E-state index is 12.6. The Hall–Kier alpha value is -2.14. The van der Waals surface area contributed by atoms with Crippen LogP contribution in [-0.4, -0.2) is 51.7 Å². The number of hydrogen-bond acceptors (Lipinski definition) is 3. The Balaban J connectivity index is 1.47. The van der Waals surface area contributed by atoms with Crippen LogP contribution in [0.4, 0.5) is 0 Å². The van der Waals surface area contributed by atoms with E-state index in [4.69, 9.17) is 0 Å². The summed E-state index contributed by atoms with van der Waals surface area (Å²) >= 11 is 0. The van der Waals surface area contributed by atoms with Crippen molar-refractivity contribution in [2.24, 2.45) is 7.05 Å². The lowest BCUT2D eigenvalue weighted by Gasteiger charge is -2.21. The molecule has 1 aromatic heterocycles. The second-order valence-electron chi connectivity index (χ2n) is 7.02. The molecule has 1 amide bonds.